The van der Waals surface area contributed by atoms with E-state index in [1.54, 1.807) is 6.07 Å². The van der Waals surface area contributed by atoms with E-state index in [1.807, 2.05) is 91.0 Å². The number of nitrogens with two attached hydrogens (primary N) is 1. The van der Waals surface area contributed by atoms with Crippen LogP contribution in [0.2, 0.25) is 0 Å². The first-order valence-electron chi connectivity index (χ1n) is 7.82. The Balaban J connectivity index is 1.96. The molecular weight excluding hydrogens is 294 g/mol. The summed E-state index contributed by atoms with van der Waals surface area (Å²) in [6.07, 6.45) is 7.97. The molecule has 3 N–H and O–H groups in total. The van der Waals surface area contributed by atoms with Crippen LogP contribution in [-0.4, -0.2) is 5.11 Å². The molecule has 24 heavy (non-hydrogen) atoms. The second-order valence-electron chi connectivity index (χ2n) is 5.49. The van der Waals surface area contributed by atoms with Crippen molar-refractivity contribution in [2.24, 2.45) is 0 Å². The molecule has 0 radical (unpaired) electrons. The number of hydrogen-bond acceptors (Lipinski definition) is 2. The highest BCUT2D eigenvalue weighted by molar-refractivity contribution is 5.86. The molecule has 2 nitrogen and oxygen atoms in total. The highest BCUT2D eigenvalue weighted by atomic mass is 16.3. The summed E-state index contributed by atoms with van der Waals surface area (Å²) >= 11 is 0. The molecule has 3 aromatic carbocycles. The largest absolute Gasteiger partial charge is 0.506 e. The van der Waals surface area contributed by atoms with Gasteiger partial charge in [-0.3, -0.25) is 0 Å². The summed E-state index contributed by atoms with van der Waals surface area (Å²) < 4.78 is 0. The van der Waals surface area contributed by atoms with Gasteiger partial charge in [0.2, 0.25) is 0 Å². The topological polar surface area (TPSA) is 46.2 Å². The molecule has 0 atom stereocenters. The molecular formula is C22H19NO. The lowest BCUT2D eigenvalue weighted by atomic mass is 10.0. The quantitative estimate of drug-likeness (QED) is 0.389. The van der Waals surface area contributed by atoms with E-state index in [2.05, 4.69) is 0 Å². The van der Waals surface area contributed by atoms with Crippen LogP contribution in [0.3, 0.4) is 0 Å². The first-order valence-corrected chi connectivity index (χ1v) is 7.82. The van der Waals surface area contributed by atoms with Gasteiger partial charge in [-0.05, 0) is 22.8 Å². The van der Waals surface area contributed by atoms with Gasteiger partial charge in [0.15, 0.2) is 0 Å². The second kappa shape index (κ2) is 7.34. The van der Waals surface area contributed by atoms with E-state index >= 15 is 0 Å². The summed E-state index contributed by atoms with van der Waals surface area (Å²) in [7, 11) is 0. The molecule has 0 saturated heterocycles. The van der Waals surface area contributed by atoms with Crippen LogP contribution >= 0.6 is 0 Å². The zero-order chi connectivity index (χ0) is 16.8. The van der Waals surface area contributed by atoms with Gasteiger partial charge < -0.3 is 10.8 Å². The van der Waals surface area contributed by atoms with Gasteiger partial charge in [0, 0.05) is 5.56 Å². The molecule has 0 unspecified atom stereocenters. The number of hydrogen-bond donors (Lipinski definition) is 2. The van der Waals surface area contributed by atoms with Gasteiger partial charge in [0.25, 0.3) is 0 Å². The summed E-state index contributed by atoms with van der Waals surface area (Å²) in [6, 6.07) is 23.6. The van der Waals surface area contributed by atoms with Crippen LogP contribution in [0.4, 0.5) is 5.69 Å². The lowest BCUT2D eigenvalue weighted by Gasteiger charge is -2.08. The van der Waals surface area contributed by atoms with Gasteiger partial charge in [-0.15, -0.1) is 0 Å². The number of benzene rings is 3. The number of phenols is 1. The Morgan fingerprint density at radius 1 is 0.625 bits per heavy atom. The first-order chi connectivity index (χ1) is 11.7. The predicted molar refractivity (Wildman–Crippen MR) is 103 cm³/mol. The average molecular weight is 313 g/mol. The molecule has 0 heterocycles. The van der Waals surface area contributed by atoms with Crippen molar-refractivity contribution in [1.82, 2.24) is 0 Å². The number of rotatable bonds is 4. The Morgan fingerprint density at radius 2 is 1.17 bits per heavy atom. The minimum Gasteiger partial charge on any atom is -0.506 e. The third-order valence-electron chi connectivity index (χ3n) is 3.79. The maximum absolute atomic E-state index is 9.92. The summed E-state index contributed by atoms with van der Waals surface area (Å²) in [5.41, 5.74) is 10.4. The van der Waals surface area contributed by atoms with Crippen molar-refractivity contribution in [3.63, 3.8) is 0 Å². The van der Waals surface area contributed by atoms with E-state index in [9.17, 15) is 5.11 Å². The maximum Gasteiger partial charge on any atom is 0.139 e. The lowest BCUT2D eigenvalue weighted by molar-refractivity contribution is 0.478. The normalized spacial score (nSPS) is 11.3. The van der Waals surface area contributed by atoms with Crippen LogP contribution in [0, 0.1) is 0 Å². The molecule has 0 amide bonds. The molecule has 0 saturated carbocycles. The van der Waals surface area contributed by atoms with Gasteiger partial charge in [-0.2, -0.15) is 0 Å². The van der Waals surface area contributed by atoms with Crippen molar-refractivity contribution >= 4 is 30.0 Å². The van der Waals surface area contributed by atoms with Crippen molar-refractivity contribution < 1.29 is 5.11 Å². The van der Waals surface area contributed by atoms with E-state index in [1.165, 1.54) is 0 Å². The highest BCUT2D eigenvalue weighted by Gasteiger charge is 2.06. The number of nitrogen functional groups attached to an aromatic ring is 1. The van der Waals surface area contributed by atoms with Gasteiger partial charge >= 0.3 is 0 Å². The Bertz CT molecular complexity index is 865. The van der Waals surface area contributed by atoms with Crippen molar-refractivity contribution in [1.29, 1.82) is 0 Å². The molecule has 3 aromatic rings. The smallest absolute Gasteiger partial charge is 0.139 e. The van der Waals surface area contributed by atoms with Crippen LogP contribution in [0.15, 0.2) is 72.8 Å². The zero-order valence-corrected chi connectivity index (χ0v) is 13.3. The van der Waals surface area contributed by atoms with E-state index in [-0.39, 0.29) is 5.75 Å². The summed E-state index contributed by atoms with van der Waals surface area (Å²) in [5, 5.41) is 9.92. The molecule has 0 bridgehead atoms. The van der Waals surface area contributed by atoms with E-state index in [0.29, 0.717) is 5.69 Å². The van der Waals surface area contributed by atoms with Crippen LogP contribution < -0.4 is 5.73 Å². The van der Waals surface area contributed by atoms with Crippen LogP contribution in [-0.2, 0) is 0 Å². The Labute approximate surface area is 142 Å². The van der Waals surface area contributed by atoms with E-state index in [4.69, 9.17) is 5.73 Å². The zero-order valence-electron chi connectivity index (χ0n) is 13.3. The number of anilines is 1. The van der Waals surface area contributed by atoms with Crippen LogP contribution in [0.5, 0.6) is 5.75 Å². The molecule has 118 valence electrons. The van der Waals surface area contributed by atoms with Gasteiger partial charge in [0.1, 0.15) is 5.75 Å². The fourth-order valence-corrected chi connectivity index (χ4v) is 2.47. The van der Waals surface area contributed by atoms with Crippen molar-refractivity contribution in [2.45, 2.75) is 0 Å². The second-order valence-corrected chi connectivity index (χ2v) is 5.49. The molecule has 0 spiro atoms. The monoisotopic (exact) mass is 313 g/mol. The molecule has 0 aliphatic rings. The standard InChI is InChI=1S/C22H19NO/c23-22-20(15-12-18-9-5-2-6-10-18)19(14-16-21(22)24)13-11-17-7-3-1-4-8-17/h1-16,24H,23H2. The van der Waals surface area contributed by atoms with Crippen LogP contribution in [0.1, 0.15) is 22.3 Å². The molecule has 2 heteroatoms. The third kappa shape index (κ3) is 3.73. The number of phenolic OH excluding ortho intramolecular Hbond substituents is 1. The minimum absolute atomic E-state index is 0.0968. The fraction of sp³-hybridized carbons (Fsp3) is 0. The summed E-state index contributed by atoms with van der Waals surface area (Å²) in [5.74, 6) is 0.0968. The van der Waals surface area contributed by atoms with Gasteiger partial charge in [-0.25, -0.2) is 0 Å². The molecule has 3 rings (SSSR count). The summed E-state index contributed by atoms with van der Waals surface area (Å²) in [4.78, 5) is 0. The molecule has 0 aromatic heterocycles. The number of aromatic hydroxyl groups is 1. The first kappa shape index (κ1) is 15.6. The maximum atomic E-state index is 9.92. The molecule has 0 aliphatic carbocycles. The van der Waals surface area contributed by atoms with Crippen molar-refractivity contribution in [3.05, 3.63) is 95.1 Å². The summed E-state index contributed by atoms with van der Waals surface area (Å²) in [6.45, 7) is 0. The average Bonchev–Trinajstić information content (AvgIpc) is 2.63. The van der Waals surface area contributed by atoms with Gasteiger partial charge in [0.05, 0.1) is 5.69 Å². The Morgan fingerprint density at radius 3 is 1.75 bits per heavy atom. The van der Waals surface area contributed by atoms with E-state index in [0.717, 1.165) is 22.3 Å². The molecule has 0 fully saturated rings. The predicted octanol–water partition coefficient (Wildman–Crippen LogP) is 5.32. The van der Waals surface area contributed by atoms with Gasteiger partial charge in [-0.1, -0.05) is 91.0 Å². The van der Waals surface area contributed by atoms with Crippen molar-refractivity contribution in [3.8, 4) is 5.75 Å². The van der Waals surface area contributed by atoms with Crippen LogP contribution in [0.25, 0.3) is 24.3 Å². The van der Waals surface area contributed by atoms with Crippen molar-refractivity contribution in [2.75, 3.05) is 5.73 Å². The minimum atomic E-state index is 0.0968. The Hall–Kier alpha value is -3.26. The van der Waals surface area contributed by atoms with E-state index < -0.39 is 0 Å². The Kier molecular flexibility index (Phi) is 4.78. The highest BCUT2D eigenvalue weighted by Crippen LogP contribution is 2.30. The SMILES string of the molecule is Nc1c(O)ccc(C=Cc2ccccc2)c1C=Cc1ccccc1. The molecule has 0 aliphatic heterocycles. The fourth-order valence-electron chi connectivity index (χ4n) is 2.47. The lowest BCUT2D eigenvalue weighted by Crippen LogP contribution is -1.93. The third-order valence-corrected chi connectivity index (χ3v) is 3.79.